The molecule has 2 N–H and O–H groups in total. The van der Waals surface area contributed by atoms with Crippen molar-refractivity contribution in [1.82, 2.24) is 19.7 Å². The summed E-state index contributed by atoms with van der Waals surface area (Å²) in [7, 11) is 5.66. The predicted octanol–water partition coefficient (Wildman–Crippen LogP) is 4.86. The molecule has 0 saturated carbocycles. The van der Waals surface area contributed by atoms with Gasteiger partial charge in [0.1, 0.15) is 17.9 Å². The molecule has 43 heavy (non-hydrogen) atoms. The van der Waals surface area contributed by atoms with Gasteiger partial charge in [0.05, 0.1) is 17.3 Å². The average Bonchev–Trinajstić information content (AvgIpc) is 3.37. The summed E-state index contributed by atoms with van der Waals surface area (Å²) in [5.74, 6) is -1.80. The molecule has 1 saturated heterocycles. The Hall–Kier alpha value is -4.35. The van der Waals surface area contributed by atoms with E-state index in [1.807, 2.05) is 31.1 Å². The average molecular weight is 591 g/mol. The topological polar surface area (TPSA) is 91.7 Å². The maximum absolute atomic E-state index is 13.6. The van der Waals surface area contributed by atoms with E-state index in [9.17, 15) is 18.4 Å². The highest BCUT2D eigenvalue weighted by atomic mass is 19.1. The van der Waals surface area contributed by atoms with Gasteiger partial charge in [0, 0.05) is 49.4 Å². The van der Waals surface area contributed by atoms with Crippen LogP contribution in [-0.2, 0) is 11.2 Å². The van der Waals surface area contributed by atoms with E-state index in [0.29, 0.717) is 47.5 Å². The smallest absolute Gasteiger partial charge is 0.273 e. The van der Waals surface area contributed by atoms with E-state index in [0.717, 1.165) is 42.8 Å². The van der Waals surface area contributed by atoms with E-state index < -0.39 is 17.5 Å². The van der Waals surface area contributed by atoms with Crippen LogP contribution in [0.1, 0.15) is 51.1 Å². The third kappa shape index (κ3) is 7.54. The van der Waals surface area contributed by atoms with Gasteiger partial charge in [0.15, 0.2) is 0 Å². The van der Waals surface area contributed by atoms with Crippen LogP contribution < -0.4 is 10.7 Å². The molecule has 1 fully saturated rings. The largest absolute Gasteiger partial charge is 0.359 e. The first-order valence-electron chi connectivity index (χ1n) is 14.3. The van der Waals surface area contributed by atoms with Crippen molar-refractivity contribution in [2.24, 2.45) is 0 Å². The van der Waals surface area contributed by atoms with Gasteiger partial charge >= 0.3 is 0 Å². The van der Waals surface area contributed by atoms with Crippen molar-refractivity contribution in [2.75, 3.05) is 51.6 Å². The van der Waals surface area contributed by atoms with Gasteiger partial charge < -0.3 is 19.9 Å². The Labute approximate surface area is 249 Å². The van der Waals surface area contributed by atoms with Crippen LogP contribution in [0, 0.1) is 11.6 Å². The molecule has 1 atom stereocenters. The van der Waals surface area contributed by atoms with E-state index in [1.165, 1.54) is 16.9 Å². The molecule has 0 bridgehead atoms. The van der Waals surface area contributed by atoms with Crippen LogP contribution in [0.25, 0.3) is 10.9 Å². The van der Waals surface area contributed by atoms with Gasteiger partial charge in [-0.2, -0.15) is 9.89 Å². The van der Waals surface area contributed by atoms with Gasteiger partial charge in [-0.15, -0.1) is 0 Å². The predicted molar refractivity (Wildman–Crippen MR) is 162 cm³/mol. The number of halogens is 2. The minimum Gasteiger partial charge on any atom is -0.359 e. The molecule has 2 amide bonds. The summed E-state index contributed by atoms with van der Waals surface area (Å²) < 4.78 is 33.1. The second-order valence-electron chi connectivity index (χ2n) is 11.1. The Bertz CT molecular complexity index is 1600. The van der Waals surface area contributed by atoms with Crippen LogP contribution in [0.5, 0.6) is 0 Å². The fourth-order valence-electron chi connectivity index (χ4n) is 5.08. The molecule has 226 valence electrons. The lowest BCUT2D eigenvalue weighted by Crippen LogP contribution is -2.34. The SMILES string of the molecule is CN(C)CCN(C)C(=O)c1ccc(C(=O)Nn2ncc3cc(Cc4cc(F)cc(F)c4)ccc32)c(NC2CCCCO2)c1. The molecule has 5 rings (SSSR count). The molecule has 1 unspecified atom stereocenters. The first-order valence-corrected chi connectivity index (χ1v) is 14.3. The first kappa shape index (κ1) is 30.1. The fourth-order valence-corrected chi connectivity index (χ4v) is 5.08. The number of fused-ring (bicyclic) bond motifs is 1. The summed E-state index contributed by atoms with van der Waals surface area (Å²) in [6, 6.07) is 13.9. The van der Waals surface area contributed by atoms with Gasteiger partial charge in [0.2, 0.25) is 0 Å². The summed E-state index contributed by atoms with van der Waals surface area (Å²) >= 11 is 0. The molecule has 2 heterocycles. The zero-order chi connectivity index (χ0) is 30.5. The lowest BCUT2D eigenvalue weighted by atomic mass is 10.0. The second kappa shape index (κ2) is 13.3. The van der Waals surface area contributed by atoms with Crippen LogP contribution in [0.3, 0.4) is 0 Å². The Balaban J connectivity index is 1.36. The van der Waals surface area contributed by atoms with Gasteiger partial charge in [0.25, 0.3) is 11.8 Å². The standard InChI is InChI=1S/C32H36F2N6O3/c1-38(2)11-12-39(3)32(42)23-8-9-27(28(18-23)36-30-6-4-5-13-43-30)31(41)37-40-29-10-7-21(15-24(29)20-35-40)14-22-16-25(33)19-26(34)17-22/h7-10,15-20,30,36H,4-6,11-14H2,1-3H3,(H,37,41). The molecule has 1 aromatic heterocycles. The number of ether oxygens (including phenoxy) is 1. The Morgan fingerprint density at radius 3 is 2.49 bits per heavy atom. The van der Waals surface area contributed by atoms with Crippen LogP contribution in [0.4, 0.5) is 14.5 Å². The number of amides is 2. The van der Waals surface area contributed by atoms with Crippen molar-refractivity contribution in [3.63, 3.8) is 0 Å². The van der Waals surface area contributed by atoms with Crippen molar-refractivity contribution >= 4 is 28.4 Å². The Morgan fingerprint density at radius 1 is 0.977 bits per heavy atom. The molecule has 1 aliphatic heterocycles. The number of hydrogen-bond donors (Lipinski definition) is 2. The minimum atomic E-state index is -0.621. The van der Waals surface area contributed by atoms with Gasteiger partial charge in [-0.25, -0.2) is 14.2 Å². The van der Waals surface area contributed by atoms with Gasteiger partial charge in [-0.3, -0.25) is 9.59 Å². The fraction of sp³-hybridized carbons (Fsp3) is 0.344. The van der Waals surface area contributed by atoms with Crippen molar-refractivity contribution in [3.05, 3.63) is 94.7 Å². The second-order valence-corrected chi connectivity index (χ2v) is 11.1. The van der Waals surface area contributed by atoms with E-state index in [4.69, 9.17) is 4.74 Å². The third-order valence-electron chi connectivity index (χ3n) is 7.41. The van der Waals surface area contributed by atoms with Gasteiger partial charge in [-0.05, 0) is 93.4 Å². The number of nitrogens with zero attached hydrogens (tertiary/aromatic N) is 4. The molecule has 11 heteroatoms. The number of anilines is 1. The molecule has 0 radical (unpaired) electrons. The summed E-state index contributed by atoms with van der Waals surface area (Å²) in [5, 5.41) is 8.42. The Kier molecular flexibility index (Phi) is 9.32. The summed E-state index contributed by atoms with van der Waals surface area (Å²) in [6.45, 7) is 1.92. The number of hydrogen-bond acceptors (Lipinski definition) is 6. The summed E-state index contributed by atoms with van der Waals surface area (Å²) in [6.07, 6.45) is 4.46. The van der Waals surface area contributed by atoms with Crippen molar-refractivity contribution in [2.45, 2.75) is 31.9 Å². The van der Waals surface area contributed by atoms with Crippen LogP contribution in [0.15, 0.2) is 60.8 Å². The number of likely N-dealkylation sites (N-methyl/N-ethyl adjacent to an activating group) is 2. The van der Waals surface area contributed by atoms with Crippen molar-refractivity contribution in [3.8, 4) is 0 Å². The Morgan fingerprint density at radius 2 is 1.77 bits per heavy atom. The van der Waals surface area contributed by atoms with E-state index >= 15 is 0 Å². The number of carbonyl (C=O) groups is 2. The lowest BCUT2D eigenvalue weighted by Gasteiger charge is -2.26. The number of nitrogens with one attached hydrogen (secondary N) is 2. The van der Waals surface area contributed by atoms with Crippen LogP contribution in [-0.4, -0.2) is 78.6 Å². The van der Waals surface area contributed by atoms with E-state index in [-0.39, 0.29) is 12.1 Å². The molecular weight excluding hydrogens is 554 g/mol. The number of aromatic nitrogens is 2. The third-order valence-corrected chi connectivity index (χ3v) is 7.41. The molecule has 4 aromatic rings. The highest BCUT2D eigenvalue weighted by Crippen LogP contribution is 2.24. The monoisotopic (exact) mass is 590 g/mol. The number of benzene rings is 3. The first-order chi connectivity index (χ1) is 20.7. The molecule has 1 aliphatic rings. The normalized spacial score (nSPS) is 15.1. The summed E-state index contributed by atoms with van der Waals surface area (Å²) in [5.41, 5.74) is 6.16. The maximum atomic E-state index is 13.6. The molecule has 0 aliphatic carbocycles. The molecule has 3 aromatic carbocycles. The zero-order valence-corrected chi connectivity index (χ0v) is 24.6. The number of carbonyl (C=O) groups excluding carboxylic acids is 2. The van der Waals surface area contributed by atoms with Crippen LogP contribution >= 0.6 is 0 Å². The lowest BCUT2D eigenvalue weighted by molar-refractivity contribution is 0.0343. The van der Waals surface area contributed by atoms with E-state index in [1.54, 1.807) is 42.4 Å². The minimum absolute atomic E-state index is 0.142. The summed E-state index contributed by atoms with van der Waals surface area (Å²) in [4.78, 5) is 31.8. The maximum Gasteiger partial charge on any atom is 0.273 e. The van der Waals surface area contributed by atoms with E-state index in [2.05, 4.69) is 15.8 Å². The zero-order valence-electron chi connectivity index (χ0n) is 24.6. The molecular formula is C32H36F2N6O3. The number of rotatable bonds is 10. The highest BCUT2D eigenvalue weighted by molar-refractivity contribution is 6.06. The molecule has 9 nitrogen and oxygen atoms in total. The van der Waals surface area contributed by atoms with Crippen LogP contribution in [0.2, 0.25) is 0 Å². The van der Waals surface area contributed by atoms with Gasteiger partial charge in [-0.1, -0.05) is 6.07 Å². The highest BCUT2D eigenvalue weighted by Gasteiger charge is 2.21. The van der Waals surface area contributed by atoms with Crippen molar-refractivity contribution in [1.29, 1.82) is 0 Å². The van der Waals surface area contributed by atoms with Crippen molar-refractivity contribution < 1.29 is 23.1 Å². The quantitative estimate of drug-likeness (QED) is 0.274. The molecule has 0 spiro atoms.